The van der Waals surface area contributed by atoms with Crippen LogP contribution >= 0.6 is 0 Å². The first-order valence-corrected chi connectivity index (χ1v) is 7.28. The van der Waals surface area contributed by atoms with E-state index in [1.165, 1.54) is 10.8 Å². The molecule has 0 bridgehead atoms. The van der Waals surface area contributed by atoms with E-state index >= 15 is 0 Å². The highest BCUT2D eigenvalue weighted by Crippen LogP contribution is 2.19. The molecule has 2 atom stereocenters. The molecule has 2 nitrogen and oxygen atoms in total. The van der Waals surface area contributed by atoms with Crippen molar-refractivity contribution in [1.82, 2.24) is 0 Å². The van der Waals surface area contributed by atoms with E-state index in [0.717, 1.165) is 5.56 Å². The third kappa shape index (κ3) is 2.93. The van der Waals surface area contributed by atoms with Crippen LogP contribution in [-0.4, -0.2) is 15.7 Å². The Morgan fingerprint density at radius 1 is 1.18 bits per heavy atom. The van der Waals surface area contributed by atoms with Gasteiger partial charge in [-0.1, -0.05) is 43.3 Å². The molecule has 0 aromatic heterocycles. The molecule has 0 radical (unpaired) electrons. The largest absolute Gasteiger partial charge is 0.323 e. The van der Waals surface area contributed by atoms with Crippen LogP contribution in [0.3, 0.4) is 0 Å². The lowest BCUT2D eigenvalue weighted by molar-refractivity contribution is 0.676. The Morgan fingerprint density at radius 3 is 2.59 bits per heavy atom. The van der Waals surface area contributed by atoms with Crippen LogP contribution in [0.1, 0.15) is 18.5 Å². The number of hydrogen-bond donors (Lipinski definition) is 1. The lowest BCUT2D eigenvalue weighted by Crippen LogP contribution is -2.19. The fraction of sp³-hybridized carbons (Fsp3) is 0.286. The van der Waals surface area contributed by atoms with E-state index < -0.39 is 10.8 Å². The van der Waals surface area contributed by atoms with Crippen molar-refractivity contribution < 1.29 is 4.21 Å². The molecule has 2 unspecified atom stereocenters. The third-order valence-electron chi connectivity index (χ3n) is 2.89. The minimum absolute atomic E-state index is 0.139. The highest BCUT2D eigenvalue weighted by atomic mass is 32.2. The van der Waals surface area contributed by atoms with Crippen LogP contribution in [0.15, 0.2) is 42.5 Å². The number of rotatable bonds is 4. The van der Waals surface area contributed by atoms with Gasteiger partial charge in [0.25, 0.3) is 0 Å². The second-order valence-electron chi connectivity index (χ2n) is 4.11. The van der Waals surface area contributed by atoms with E-state index in [2.05, 4.69) is 24.3 Å². The van der Waals surface area contributed by atoms with Gasteiger partial charge in [0.15, 0.2) is 0 Å². The van der Waals surface area contributed by atoms with Crippen LogP contribution in [0.25, 0.3) is 10.8 Å². The highest BCUT2D eigenvalue weighted by molar-refractivity contribution is 7.84. The van der Waals surface area contributed by atoms with Crippen molar-refractivity contribution in [3.63, 3.8) is 0 Å². The van der Waals surface area contributed by atoms with Crippen LogP contribution in [0.2, 0.25) is 0 Å². The Morgan fingerprint density at radius 2 is 1.88 bits per heavy atom. The molecule has 0 aliphatic rings. The summed E-state index contributed by atoms with van der Waals surface area (Å²) in [4.78, 5) is 0. The van der Waals surface area contributed by atoms with Gasteiger partial charge >= 0.3 is 0 Å². The summed E-state index contributed by atoms with van der Waals surface area (Å²) in [6, 6.07) is 14.2. The van der Waals surface area contributed by atoms with Crippen molar-refractivity contribution in [3.05, 3.63) is 48.0 Å². The maximum atomic E-state index is 11.5. The summed E-state index contributed by atoms with van der Waals surface area (Å²) in [6.45, 7) is 1.92. The zero-order valence-corrected chi connectivity index (χ0v) is 10.7. The number of hydrogen-bond acceptors (Lipinski definition) is 2. The molecule has 3 heteroatoms. The summed E-state index contributed by atoms with van der Waals surface area (Å²) in [6.07, 6.45) is 0. The van der Waals surface area contributed by atoms with Crippen LogP contribution in [0.4, 0.5) is 0 Å². The molecule has 0 heterocycles. The normalized spacial score (nSPS) is 14.7. The molecule has 2 aromatic carbocycles. The molecular weight excluding hydrogens is 230 g/mol. The Bertz CT molecular complexity index is 538. The van der Waals surface area contributed by atoms with E-state index in [0.29, 0.717) is 11.5 Å². The highest BCUT2D eigenvalue weighted by Gasteiger charge is 2.09. The van der Waals surface area contributed by atoms with Crippen molar-refractivity contribution in [2.75, 3.05) is 11.5 Å². The topological polar surface area (TPSA) is 43.1 Å². The molecular formula is C14H17NOS. The lowest BCUT2D eigenvalue weighted by Gasteiger charge is -2.12. The van der Waals surface area contributed by atoms with E-state index in [9.17, 15) is 4.21 Å². The van der Waals surface area contributed by atoms with Gasteiger partial charge in [0.05, 0.1) is 0 Å². The number of benzene rings is 2. The first-order chi connectivity index (χ1) is 8.20. The van der Waals surface area contributed by atoms with E-state index in [1.54, 1.807) is 0 Å². The van der Waals surface area contributed by atoms with Gasteiger partial charge in [-0.15, -0.1) is 0 Å². The van der Waals surface area contributed by atoms with Crippen LogP contribution in [-0.2, 0) is 10.8 Å². The Hall–Kier alpha value is -1.19. The second-order valence-corrected chi connectivity index (χ2v) is 5.90. The molecule has 0 aliphatic carbocycles. The quantitative estimate of drug-likeness (QED) is 0.902. The van der Waals surface area contributed by atoms with Gasteiger partial charge in [0, 0.05) is 28.3 Å². The molecule has 0 fully saturated rings. The zero-order chi connectivity index (χ0) is 12.3. The fourth-order valence-corrected chi connectivity index (χ4v) is 2.68. The molecule has 90 valence electrons. The SMILES string of the molecule is CCS(=O)CC(N)c1ccc2ccccc2c1. The Labute approximate surface area is 104 Å². The maximum Gasteiger partial charge on any atom is 0.0428 e. The van der Waals surface area contributed by atoms with Crippen LogP contribution in [0, 0.1) is 0 Å². The molecule has 2 N–H and O–H groups in total. The standard InChI is InChI=1S/C14H17NOS/c1-2-17(16)10-14(15)13-8-7-11-5-3-4-6-12(11)9-13/h3-9,14H,2,10,15H2,1H3. The summed E-state index contributed by atoms with van der Waals surface area (Å²) in [5.41, 5.74) is 7.13. The van der Waals surface area contributed by atoms with Gasteiger partial charge < -0.3 is 5.73 Å². The molecule has 0 saturated carbocycles. The fourth-order valence-electron chi connectivity index (χ4n) is 1.85. The molecule has 0 amide bonds. The van der Waals surface area contributed by atoms with Gasteiger partial charge in [0.1, 0.15) is 0 Å². The van der Waals surface area contributed by atoms with E-state index in [4.69, 9.17) is 5.73 Å². The Balaban J connectivity index is 2.26. The molecule has 2 aromatic rings. The predicted molar refractivity (Wildman–Crippen MR) is 74.4 cm³/mol. The van der Waals surface area contributed by atoms with Gasteiger partial charge in [0.2, 0.25) is 0 Å². The smallest absolute Gasteiger partial charge is 0.0428 e. The van der Waals surface area contributed by atoms with Crippen molar-refractivity contribution in [2.45, 2.75) is 13.0 Å². The summed E-state index contributed by atoms with van der Waals surface area (Å²) in [7, 11) is -0.816. The number of fused-ring (bicyclic) bond motifs is 1. The Kier molecular flexibility index (Phi) is 3.92. The maximum absolute atomic E-state index is 11.5. The lowest BCUT2D eigenvalue weighted by atomic mass is 10.0. The third-order valence-corrected chi connectivity index (χ3v) is 4.26. The minimum atomic E-state index is -0.816. The molecule has 2 rings (SSSR count). The molecule has 0 saturated heterocycles. The molecule has 0 spiro atoms. The van der Waals surface area contributed by atoms with E-state index in [1.807, 2.05) is 25.1 Å². The van der Waals surface area contributed by atoms with Crippen LogP contribution < -0.4 is 5.73 Å². The monoisotopic (exact) mass is 247 g/mol. The van der Waals surface area contributed by atoms with Gasteiger partial charge in [-0.2, -0.15) is 0 Å². The van der Waals surface area contributed by atoms with Crippen LogP contribution in [0.5, 0.6) is 0 Å². The van der Waals surface area contributed by atoms with Crippen molar-refractivity contribution >= 4 is 21.6 Å². The summed E-state index contributed by atoms with van der Waals surface area (Å²) < 4.78 is 11.5. The molecule has 0 aliphatic heterocycles. The van der Waals surface area contributed by atoms with Gasteiger partial charge in [-0.3, -0.25) is 4.21 Å². The number of nitrogens with two attached hydrogens (primary N) is 1. The zero-order valence-electron chi connectivity index (χ0n) is 9.93. The average Bonchev–Trinajstić information content (AvgIpc) is 2.38. The van der Waals surface area contributed by atoms with Gasteiger partial charge in [-0.05, 0) is 22.4 Å². The summed E-state index contributed by atoms with van der Waals surface area (Å²) in [5.74, 6) is 1.20. The van der Waals surface area contributed by atoms with Crippen molar-refractivity contribution in [3.8, 4) is 0 Å². The second kappa shape index (κ2) is 5.43. The van der Waals surface area contributed by atoms with Crippen molar-refractivity contribution in [1.29, 1.82) is 0 Å². The van der Waals surface area contributed by atoms with Crippen molar-refractivity contribution in [2.24, 2.45) is 5.73 Å². The van der Waals surface area contributed by atoms with Gasteiger partial charge in [-0.25, -0.2) is 0 Å². The summed E-state index contributed by atoms with van der Waals surface area (Å²) >= 11 is 0. The first-order valence-electron chi connectivity index (χ1n) is 5.80. The minimum Gasteiger partial charge on any atom is -0.323 e. The average molecular weight is 247 g/mol. The predicted octanol–water partition coefficient (Wildman–Crippen LogP) is 2.61. The summed E-state index contributed by atoms with van der Waals surface area (Å²) in [5, 5.41) is 2.39. The first kappa shape index (κ1) is 12.3. The molecule has 17 heavy (non-hydrogen) atoms. The van der Waals surface area contributed by atoms with E-state index in [-0.39, 0.29) is 6.04 Å².